The zero-order valence-electron chi connectivity index (χ0n) is 14.2. The van der Waals surface area contributed by atoms with Crippen LogP contribution in [0.3, 0.4) is 0 Å². The molecule has 126 valence electrons. The molecular weight excluding hydrogens is 325 g/mol. The Morgan fingerprint density at radius 1 is 0.577 bits per heavy atom. The van der Waals surface area contributed by atoms with Gasteiger partial charge in [-0.25, -0.2) is 19.3 Å². The van der Waals surface area contributed by atoms with Crippen LogP contribution in [0.2, 0.25) is 0 Å². The molecule has 0 saturated heterocycles. The average molecular weight is 341 g/mol. The van der Waals surface area contributed by atoms with E-state index in [0.29, 0.717) is 23.0 Å². The van der Waals surface area contributed by atoms with Crippen molar-refractivity contribution < 1.29 is 4.39 Å². The Morgan fingerprint density at radius 3 is 1.58 bits per heavy atom. The van der Waals surface area contributed by atoms with Crippen molar-refractivity contribution in [2.75, 3.05) is 0 Å². The predicted octanol–water partition coefficient (Wildman–Crippen LogP) is 5.32. The van der Waals surface area contributed by atoms with Crippen LogP contribution in [0.15, 0.2) is 78.9 Å². The summed E-state index contributed by atoms with van der Waals surface area (Å²) >= 11 is 0. The van der Waals surface area contributed by atoms with E-state index in [4.69, 9.17) is 0 Å². The average Bonchev–Trinajstić information content (AvgIpc) is 2.69. The molecule has 0 saturated carbocycles. The summed E-state index contributed by atoms with van der Waals surface area (Å²) in [4.78, 5) is 13.7. The van der Waals surface area contributed by atoms with Gasteiger partial charge in [-0.2, -0.15) is 0 Å². The van der Waals surface area contributed by atoms with Crippen molar-refractivity contribution in [3.8, 4) is 34.2 Å². The minimum atomic E-state index is -0.339. The Hall–Kier alpha value is -3.40. The number of hydrogen-bond donors (Lipinski definition) is 0. The second-order valence-electron chi connectivity index (χ2n) is 5.97. The van der Waals surface area contributed by atoms with E-state index in [1.165, 1.54) is 6.07 Å². The van der Waals surface area contributed by atoms with Gasteiger partial charge in [0.2, 0.25) is 0 Å². The van der Waals surface area contributed by atoms with Crippen LogP contribution in [0.1, 0.15) is 5.56 Å². The minimum Gasteiger partial charge on any atom is -0.208 e. The summed E-state index contributed by atoms with van der Waals surface area (Å²) in [6.07, 6.45) is 0. The maximum absolute atomic E-state index is 14.5. The van der Waals surface area contributed by atoms with Gasteiger partial charge in [-0.15, -0.1) is 0 Å². The van der Waals surface area contributed by atoms with Gasteiger partial charge in [-0.05, 0) is 18.6 Å². The molecule has 0 fully saturated rings. The molecule has 0 spiro atoms. The van der Waals surface area contributed by atoms with Gasteiger partial charge < -0.3 is 0 Å². The topological polar surface area (TPSA) is 38.7 Å². The Balaban J connectivity index is 1.97. The van der Waals surface area contributed by atoms with Crippen molar-refractivity contribution in [1.29, 1.82) is 0 Å². The molecule has 3 aromatic carbocycles. The van der Waals surface area contributed by atoms with Gasteiger partial charge in [-0.1, -0.05) is 72.8 Å². The molecule has 0 bridgehead atoms. The van der Waals surface area contributed by atoms with Gasteiger partial charge >= 0.3 is 0 Å². The number of aryl methyl sites for hydroxylation is 1. The van der Waals surface area contributed by atoms with Gasteiger partial charge in [0.15, 0.2) is 17.5 Å². The van der Waals surface area contributed by atoms with E-state index >= 15 is 0 Å². The van der Waals surface area contributed by atoms with Crippen LogP contribution in [0, 0.1) is 12.7 Å². The second kappa shape index (κ2) is 6.84. The Bertz CT molecular complexity index is 969. The Labute approximate surface area is 151 Å². The van der Waals surface area contributed by atoms with Crippen molar-refractivity contribution in [2.24, 2.45) is 0 Å². The summed E-state index contributed by atoms with van der Waals surface area (Å²) in [5.41, 5.74) is 2.92. The third-order valence-electron chi connectivity index (χ3n) is 4.14. The SMILES string of the molecule is Cc1cccc(F)c1-c1nc(-c2ccccc2)nc(-c2ccccc2)n1. The fourth-order valence-corrected chi connectivity index (χ4v) is 2.84. The van der Waals surface area contributed by atoms with E-state index in [9.17, 15) is 4.39 Å². The maximum atomic E-state index is 14.5. The smallest absolute Gasteiger partial charge is 0.167 e. The monoisotopic (exact) mass is 341 g/mol. The van der Waals surface area contributed by atoms with Gasteiger partial charge in [0, 0.05) is 11.1 Å². The van der Waals surface area contributed by atoms with Crippen LogP contribution in [0.25, 0.3) is 34.2 Å². The molecule has 0 aliphatic carbocycles. The first-order valence-electron chi connectivity index (χ1n) is 8.35. The third kappa shape index (κ3) is 3.09. The molecule has 0 unspecified atom stereocenters. The van der Waals surface area contributed by atoms with E-state index in [1.807, 2.05) is 73.7 Å². The number of aromatic nitrogens is 3. The molecule has 0 aliphatic rings. The summed E-state index contributed by atoms with van der Waals surface area (Å²) in [7, 11) is 0. The highest BCUT2D eigenvalue weighted by molar-refractivity contribution is 5.68. The standard InChI is InChI=1S/C22H16FN3/c1-15-9-8-14-18(23)19(15)22-25-20(16-10-4-2-5-11-16)24-21(26-22)17-12-6-3-7-13-17/h2-14H,1H3. The molecule has 0 atom stereocenters. The number of nitrogens with zero attached hydrogens (tertiary/aromatic N) is 3. The van der Waals surface area contributed by atoms with E-state index in [-0.39, 0.29) is 5.82 Å². The summed E-state index contributed by atoms with van der Waals surface area (Å²) in [6.45, 7) is 1.85. The normalized spacial score (nSPS) is 10.7. The van der Waals surface area contributed by atoms with Crippen molar-refractivity contribution >= 4 is 0 Å². The summed E-state index contributed by atoms with van der Waals surface area (Å²) in [5, 5.41) is 0. The van der Waals surface area contributed by atoms with Crippen LogP contribution in [0.5, 0.6) is 0 Å². The number of rotatable bonds is 3. The Kier molecular flexibility index (Phi) is 4.23. The molecule has 0 radical (unpaired) electrons. The number of benzene rings is 3. The van der Waals surface area contributed by atoms with Crippen molar-refractivity contribution in [2.45, 2.75) is 6.92 Å². The quantitative estimate of drug-likeness (QED) is 0.506. The highest BCUT2D eigenvalue weighted by Crippen LogP contribution is 2.27. The van der Waals surface area contributed by atoms with Crippen molar-refractivity contribution in [1.82, 2.24) is 15.0 Å². The lowest BCUT2D eigenvalue weighted by atomic mass is 10.1. The van der Waals surface area contributed by atoms with Crippen LogP contribution < -0.4 is 0 Å². The zero-order valence-corrected chi connectivity index (χ0v) is 14.2. The van der Waals surface area contributed by atoms with Crippen LogP contribution in [0.4, 0.5) is 4.39 Å². The second-order valence-corrected chi connectivity index (χ2v) is 5.97. The molecule has 0 amide bonds. The molecule has 1 aromatic heterocycles. The number of halogens is 1. The molecule has 1 heterocycles. The molecule has 4 heteroatoms. The van der Waals surface area contributed by atoms with E-state index in [2.05, 4.69) is 15.0 Å². The first-order valence-corrected chi connectivity index (χ1v) is 8.35. The van der Waals surface area contributed by atoms with Crippen molar-refractivity contribution in [3.05, 3.63) is 90.2 Å². The van der Waals surface area contributed by atoms with Gasteiger partial charge in [0.05, 0.1) is 5.56 Å². The predicted molar refractivity (Wildman–Crippen MR) is 101 cm³/mol. The van der Waals surface area contributed by atoms with E-state index < -0.39 is 0 Å². The largest absolute Gasteiger partial charge is 0.208 e. The van der Waals surface area contributed by atoms with Gasteiger partial charge in [0.1, 0.15) is 5.82 Å². The van der Waals surface area contributed by atoms with Crippen LogP contribution >= 0.6 is 0 Å². The van der Waals surface area contributed by atoms with E-state index in [0.717, 1.165) is 16.7 Å². The van der Waals surface area contributed by atoms with Gasteiger partial charge in [-0.3, -0.25) is 0 Å². The first kappa shape index (κ1) is 16.1. The summed E-state index contributed by atoms with van der Waals surface area (Å²) < 4.78 is 14.5. The van der Waals surface area contributed by atoms with Crippen LogP contribution in [-0.2, 0) is 0 Å². The third-order valence-corrected chi connectivity index (χ3v) is 4.14. The number of hydrogen-bond acceptors (Lipinski definition) is 3. The zero-order chi connectivity index (χ0) is 17.9. The molecule has 4 aromatic rings. The molecule has 26 heavy (non-hydrogen) atoms. The first-order chi connectivity index (χ1) is 12.7. The molecule has 0 aliphatic heterocycles. The van der Waals surface area contributed by atoms with E-state index in [1.54, 1.807) is 6.07 Å². The lowest BCUT2D eigenvalue weighted by Gasteiger charge is -2.10. The minimum absolute atomic E-state index is 0.339. The van der Waals surface area contributed by atoms with Crippen LogP contribution in [-0.4, -0.2) is 15.0 Å². The molecule has 4 rings (SSSR count). The lowest BCUT2D eigenvalue weighted by Crippen LogP contribution is -2.02. The molecule has 0 N–H and O–H groups in total. The maximum Gasteiger partial charge on any atom is 0.167 e. The molecule has 3 nitrogen and oxygen atoms in total. The fourth-order valence-electron chi connectivity index (χ4n) is 2.84. The lowest BCUT2D eigenvalue weighted by molar-refractivity contribution is 0.629. The summed E-state index contributed by atoms with van der Waals surface area (Å²) in [5.74, 6) is 1.05. The highest BCUT2D eigenvalue weighted by atomic mass is 19.1. The highest BCUT2D eigenvalue weighted by Gasteiger charge is 2.16. The fraction of sp³-hybridized carbons (Fsp3) is 0.0455. The summed E-state index contributed by atoms with van der Waals surface area (Å²) in [6, 6.07) is 24.3. The van der Waals surface area contributed by atoms with Crippen molar-refractivity contribution in [3.63, 3.8) is 0 Å². The Morgan fingerprint density at radius 2 is 1.08 bits per heavy atom. The van der Waals surface area contributed by atoms with Gasteiger partial charge in [0.25, 0.3) is 0 Å². The molecular formula is C22H16FN3.